The second kappa shape index (κ2) is 12.4. The summed E-state index contributed by atoms with van der Waals surface area (Å²) in [6.07, 6.45) is 15.8. The molecule has 1 aromatic carbocycles. The molecule has 1 atom stereocenters. The molecule has 0 saturated heterocycles. The minimum Gasteiger partial charge on any atom is -0.322 e. The van der Waals surface area contributed by atoms with Crippen LogP contribution in [0.5, 0.6) is 0 Å². The van der Waals surface area contributed by atoms with Crippen molar-refractivity contribution in [2.75, 3.05) is 20.6 Å². The molecular formula is C26H46N+. The van der Waals surface area contributed by atoms with E-state index in [1.165, 1.54) is 76.3 Å². The largest absolute Gasteiger partial charge is 0.322 e. The third-order valence-electron chi connectivity index (χ3n) is 5.61. The minimum atomic E-state index is 0.366. The van der Waals surface area contributed by atoms with Gasteiger partial charge in [-0.15, -0.1) is 0 Å². The SMILES string of the molecule is C=CC(CCCCCCCCCCc1ccccc1)[N+](C)(C)CC(C)(C)C. The Morgan fingerprint density at radius 3 is 1.89 bits per heavy atom. The first-order valence-corrected chi connectivity index (χ1v) is 11.2. The minimum absolute atomic E-state index is 0.366. The van der Waals surface area contributed by atoms with E-state index in [1.807, 2.05) is 0 Å². The van der Waals surface area contributed by atoms with E-state index in [1.54, 1.807) is 0 Å². The van der Waals surface area contributed by atoms with Gasteiger partial charge in [-0.1, -0.05) is 96.2 Å². The molecular weight excluding hydrogens is 326 g/mol. The molecule has 154 valence electrons. The summed E-state index contributed by atoms with van der Waals surface area (Å²) in [6, 6.07) is 11.5. The Hall–Kier alpha value is -1.08. The smallest absolute Gasteiger partial charge is 0.107 e. The molecule has 0 aliphatic carbocycles. The summed E-state index contributed by atoms with van der Waals surface area (Å²) in [5.41, 5.74) is 1.85. The van der Waals surface area contributed by atoms with Crippen molar-refractivity contribution < 1.29 is 4.48 Å². The van der Waals surface area contributed by atoms with Crippen LogP contribution in [0.1, 0.15) is 84.1 Å². The number of quaternary nitrogens is 1. The summed E-state index contributed by atoms with van der Waals surface area (Å²) in [5.74, 6) is 0. The standard InChI is InChI=1S/C26H46N/c1-7-25(27(5,6)23-26(2,3)4)22-18-13-11-9-8-10-12-15-19-24-20-16-14-17-21-24/h7,14,16-17,20-21,25H,1,8-13,15,18-19,22-23H2,2-6H3/q+1. The lowest BCUT2D eigenvalue weighted by molar-refractivity contribution is -0.914. The van der Waals surface area contributed by atoms with E-state index < -0.39 is 0 Å². The molecule has 1 heteroatoms. The van der Waals surface area contributed by atoms with Crippen LogP contribution in [-0.2, 0) is 6.42 Å². The summed E-state index contributed by atoms with van der Waals surface area (Å²) in [6.45, 7) is 12.3. The molecule has 0 amide bonds. The third-order valence-corrected chi connectivity index (χ3v) is 5.61. The van der Waals surface area contributed by atoms with Crippen LogP contribution in [0.25, 0.3) is 0 Å². The van der Waals surface area contributed by atoms with E-state index in [2.05, 4.69) is 77.9 Å². The van der Waals surface area contributed by atoms with Crippen molar-refractivity contribution in [3.63, 3.8) is 0 Å². The van der Waals surface area contributed by atoms with Gasteiger partial charge in [-0.2, -0.15) is 0 Å². The first-order chi connectivity index (χ1) is 12.7. The second-order valence-electron chi connectivity index (χ2n) is 10.2. The predicted octanol–water partition coefficient (Wildman–Crippen LogP) is 7.42. The van der Waals surface area contributed by atoms with Gasteiger partial charge in [0, 0.05) is 11.8 Å². The van der Waals surface area contributed by atoms with Gasteiger partial charge in [-0.25, -0.2) is 0 Å². The average molecular weight is 373 g/mol. The zero-order chi connectivity index (χ0) is 20.2. The molecule has 1 aromatic rings. The van der Waals surface area contributed by atoms with Crippen molar-refractivity contribution in [3.8, 4) is 0 Å². The van der Waals surface area contributed by atoms with Crippen molar-refractivity contribution in [3.05, 3.63) is 48.6 Å². The van der Waals surface area contributed by atoms with Crippen LogP contribution in [0.15, 0.2) is 43.0 Å². The van der Waals surface area contributed by atoms with Gasteiger partial charge in [-0.3, -0.25) is 0 Å². The molecule has 0 aliphatic heterocycles. The van der Waals surface area contributed by atoms with Crippen molar-refractivity contribution in [2.45, 2.75) is 91.0 Å². The molecule has 0 spiro atoms. The normalized spacial score (nSPS) is 13.5. The molecule has 0 heterocycles. The van der Waals surface area contributed by atoms with Crippen LogP contribution in [0, 0.1) is 5.41 Å². The van der Waals surface area contributed by atoms with Crippen LogP contribution in [0.4, 0.5) is 0 Å². The number of unbranched alkanes of at least 4 members (excludes halogenated alkanes) is 7. The van der Waals surface area contributed by atoms with Gasteiger partial charge < -0.3 is 4.48 Å². The zero-order valence-electron chi connectivity index (χ0n) is 19.0. The van der Waals surface area contributed by atoms with E-state index in [-0.39, 0.29) is 0 Å². The fourth-order valence-electron chi connectivity index (χ4n) is 4.48. The average Bonchev–Trinajstić information content (AvgIpc) is 2.58. The quantitative estimate of drug-likeness (QED) is 0.181. The Morgan fingerprint density at radius 2 is 1.37 bits per heavy atom. The molecule has 0 saturated carbocycles. The first kappa shape index (κ1) is 24.0. The summed E-state index contributed by atoms with van der Waals surface area (Å²) >= 11 is 0. The van der Waals surface area contributed by atoms with Crippen LogP contribution in [0.2, 0.25) is 0 Å². The van der Waals surface area contributed by atoms with Gasteiger partial charge in [0.2, 0.25) is 0 Å². The molecule has 1 unspecified atom stereocenters. The molecule has 0 N–H and O–H groups in total. The van der Waals surface area contributed by atoms with Crippen LogP contribution >= 0.6 is 0 Å². The van der Waals surface area contributed by atoms with E-state index in [0.29, 0.717) is 11.5 Å². The molecule has 27 heavy (non-hydrogen) atoms. The maximum atomic E-state index is 4.12. The van der Waals surface area contributed by atoms with E-state index in [4.69, 9.17) is 0 Å². The third kappa shape index (κ3) is 11.4. The highest BCUT2D eigenvalue weighted by Crippen LogP contribution is 2.24. The first-order valence-electron chi connectivity index (χ1n) is 11.2. The number of hydrogen-bond acceptors (Lipinski definition) is 0. The lowest BCUT2D eigenvalue weighted by atomic mass is 9.93. The summed E-state index contributed by atoms with van der Waals surface area (Å²) < 4.78 is 1.06. The Bertz CT molecular complexity index is 495. The molecule has 0 bridgehead atoms. The Kier molecular flexibility index (Phi) is 11.0. The number of hydrogen-bond donors (Lipinski definition) is 0. The topological polar surface area (TPSA) is 0 Å². The number of rotatable bonds is 14. The fourth-order valence-corrected chi connectivity index (χ4v) is 4.48. The molecule has 0 aromatic heterocycles. The monoisotopic (exact) mass is 372 g/mol. The lowest BCUT2D eigenvalue weighted by Gasteiger charge is -2.41. The molecule has 1 rings (SSSR count). The van der Waals surface area contributed by atoms with E-state index >= 15 is 0 Å². The summed E-state index contributed by atoms with van der Waals surface area (Å²) in [4.78, 5) is 0. The van der Waals surface area contributed by atoms with Crippen molar-refractivity contribution in [1.29, 1.82) is 0 Å². The Labute approximate surface area is 170 Å². The van der Waals surface area contributed by atoms with Crippen LogP contribution in [0.3, 0.4) is 0 Å². The zero-order valence-corrected chi connectivity index (χ0v) is 19.0. The fraction of sp³-hybridized carbons (Fsp3) is 0.692. The van der Waals surface area contributed by atoms with Crippen LogP contribution in [-0.4, -0.2) is 31.2 Å². The second-order valence-corrected chi connectivity index (χ2v) is 10.2. The number of benzene rings is 1. The maximum Gasteiger partial charge on any atom is 0.107 e. The van der Waals surface area contributed by atoms with Gasteiger partial charge in [0.1, 0.15) is 6.04 Å². The number of aryl methyl sites for hydroxylation is 1. The Balaban J connectivity index is 2.04. The summed E-state index contributed by atoms with van der Waals surface area (Å²) in [7, 11) is 4.74. The van der Waals surface area contributed by atoms with Gasteiger partial charge in [-0.05, 0) is 30.9 Å². The number of nitrogens with zero attached hydrogens (tertiary/aromatic N) is 1. The van der Waals surface area contributed by atoms with Crippen molar-refractivity contribution in [1.82, 2.24) is 0 Å². The molecule has 0 aliphatic rings. The van der Waals surface area contributed by atoms with Crippen LogP contribution < -0.4 is 0 Å². The molecule has 0 fully saturated rings. The Morgan fingerprint density at radius 1 is 0.852 bits per heavy atom. The maximum absolute atomic E-state index is 4.12. The van der Waals surface area contributed by atoms with Gasteiger partial charge >= 0.3 is 0 Å². The molecule has 0 radical (unpaired) electrons. The van der Waals surface area contributed by atoms with Gasteiger partial charge in [0.15, 0.2) is 0 Å². The van der Waals surface area contributed by atoms with E-state index in [9.17, 15) is 0 Å². The highest BCUT2D eigenvalue weighted by molar-refractivity contribution is 5.14. The predicted molar refractivity (Wildman–Crippen MR) is 122 cm³/mol. The number of likely N-dealkylation sites (N-methyl/N-ethyl adjacent to an activating group) is 1. The molecule has 1 nitrogen and oxygen atoms in total. The van der Waals surface area contributed by atoms with Gasteiger partial charge in [0.25, 0.3) is 0 Å². The van der Waals surface area contributed by atoms with Crippen molar-refractivity contribution >= 4 is 0 Å². The summed E-state index contributed by atoms with van der Waals surface area (Å²) in [5, 5.41) is 0. The van der Waals surface area contributed by atoms with Gasteiger partial charge in [0.05, 0.1) is 20.6 Å². The lowest BCUT2D eigenvalue weighted by Crippen LogP contribution is -2.52. The highest BCUT2D eigenvalue weighted by atomic mass is 15.3. The van der Waals surface area contributed by atoms with Crippen molar-refractivity contribution in [2.24, 2.45) is 5.41 Å². The highest BCUT2D eigenvalue weighted by Gasteiger charge is 2.30. The van der Waals surface area contributed by atoms with E-state index in [0.717, 1.165) is 4.48 Å².